The van der Waals surface area contributed by atoms with Crippen molar-refractivity contribution in [2.75, 3.05) is 13.1 Å². The quantitative estimate of drug-likeness (QED) is 0.860. The van der Waals surface area contributed by atoms with E-state index in [-0.39, 0.29) is 0 Å². The van der Waals surface area contributed by atoms with Crippen LogP contribution in [0.1, 0.15) is 36.9 Å². The highest BCUT2D eigenvalue weighted by Crippen LogP contribution is 2.22. The van der Waals surface area contributed by atoms with E-state index in [4.69, 9.17) is 5.11 Å². The van der Waals surface area contributed by atoms with Crippen molar-refractivity contribution in [1.29, 1.82) is 0 Å². The Balaban J connectivity index is 1.81. The Hall–Kier alpha value is -0.940. The van der Waals surface area contributed by atoms with Crippen molar-refractivity contribution >= 4 is 17.3 Å². The van der Waals surface area contributed by atoms with Crippen molar-refractivity contribution in [3.63, 3.8) is 0 Å². The van der Waals surface area contributed by atoms with E-state index in [9.17, 15) is 4.79 Å². The Kier molecular flexibility index (Phi) is 4.72. The summed E-state index contributed by atoms with van der Waals surface area (Å²) in [5.74, 6) is -0.364. The second-order valence-corrected chi connectivity index (χ2v) is 5.91. The number of rotatable bonds is 6. The Morgan fingerprint density at radius 1 is 1.67 bits per heavy atom. The molecule has 0 saturated carbocycles. The summed E-state index contributed by atoms with van der Waals surface area (Å²) >= 11 is 1.74. The van der Waals surface area contributed by atoms with Crippen LogP contribution < -0.4 is 0 Å². The van der Waals surface area contributed by atoms with Gasteiger partial charge >= 0.3 is 5.97 Å². The molecule has 0 radical (unpaired) electrons. The number of nitrogens with zero attached hydrogens (tertiary/aromatic N) is 2. The fourth-order valence-electron chi connectivity index (χ4n) is 2.45. The number of likely N-dealkylation sites (tertiary alicyclic amines) is 1. The Labute approximate surface area is 112 Å². The molecule has 1 aliphatic rings. The number of carbonyl (C=O) groups is 1. The molecule has 2 heterocycles. The smallest absolute Gasteiger partial charge is 0.303 e. The normalized spacial score (nSPS) is 20.4. The molecule has 4 nitrogen and oxygen atoms in total. The number of hydrogen-bond acceptors (Lipinski definition) is 4. The summed E-state index contributed by atoms with van der Waals surface area (Å²) in [7, 11) is 0. The molecule has 100 valence electrons. The Morgan fingerprint density at radius 2 is 2.50 bits per heavy atom. The van der Waals surface area contributed by atoms with Crippen LogP contribution in [0.4, 0.5) is 0 Å². The fourth-order valence-corrected chi connectivity index (χ4v) is 3.34. The maximum absolute atomic E-state index is 10.7. The van der Waals surface area contributed by atoms with E-state index in [0.717, 1.165) is 44.6 Å². The van der Waals surface area contributed by atoms with E-state index in [2.05, 4.69) is 22.2 Å². The average molecular weight is 268 g/mol. The third kappa shape index (κ3) is 3.78. The highest BCUT2D eigenvalue weighted by Gasteiger charge is 2.24. The molecule has 0 bridgehead atoms. The average Bonchev–Trinajstić information content (AvgIpc) is 2.89. The number of thiazole rings is 1. The van der Waals surface area contributed by atoms with Gasteiger partial charge in [0, 0.05) is 24.9 Å². The van der Waals surface area contributed by atoms with Gasteiger partial charge < -0.3 is 5.11 Å². The highest BCUT2D eigenvalue weighted by atomic mass is 32.1. The van der Waals surface area contributed by atoms with Gasteiger partial charge in [-0.05, 0) is 31.7 Å². The molecule has 5 heteroatoms. The van der Waals surface area contributed by atoms with Crippen LogP contribution in [0.5, 0.6) is 0 Å². The first-order valence-corrected chi connectivity index (χ1v) is 7.42. The molecule has 1 aliphatic heterocycles. The molecule has 1 unspecified atom stereocenters. The van der Waals surface area contributed by atoms with Crippen molar-refractivity contribution in [3.8, 4) is 0 Å². The third-order valence-electron chi connectivity index (χ3n) is 3.28. The number of hydrogen-bond donors (Lipinski definition) is 1. The summed E-state index contributed by atoms with van der Waals surface area (Å²) in [6, 6.07) is 0. The topological polar surface area (TPSA) is 53.4 Å². The van der Waals surface area contributed by atoms with Gasteiger partial charge in [0.25, 0.3) is 0 Å². The first-order chi connectivity index (χ1) is 8.67. The van der Waals surface area contributed by atoms with Gasteiger partial charge in [0.2, 0.25) is 0 Å². The van der Waals surface area contributed by atoms with Crippen LogP contribution in [0.3, 0.4) is 0 Å². The lowest BCUT2D eigenvalue weighted by Crippen LogP contribution is -2.21. The largest absolute Gasteiger partial charge is 0.481 e. The van der Waals surface area contributed by atoms with E-state index in [1.807, 2.05) is 0 Å². The standard InChI is InChI=1S/C13H20N2O2S/c1-2-3-12-14-11(9-18-12)8-15-5-4-10(7-15)6-13(16)17/h9-10H,2-8H2,1H3,(H,16,17). The maximum atomic E-state index is 10.7. The third-order valence-corrected chi connectivity index (χ3v) is 4.24. The van der Waals surface area contributed by atoms with Gasteiger partial charge in [-0.15, -0.1) is 11.3 Å². The van der Waals surface area contributed by atoms with Crippen LogP contribution in [0.15, 0.2) is 5.38 Å². The molecule has 1 aromatic rings. The minimum absolute atomic E-state index is 0.300. The van der Waals surface area contributed by atoms with Crippen LogP contribution in [0.2, 0.25) is 0 Å². The van der Waals surface area contributed by atoms with Crippen molar-refractivity contribution < 1.29 is 9.90 Å². The molecule has 2 rings (SSSR count). The van der Waals surface area contributed by atoms with Crippen LogP contribution in [-0.4, -0.2) is 34.0 Å². The van der Waals surface area contributed by atoms with E-state index in [1.54, 1.807) is 11.3 Å². The van der Waals surface area contributed by atoms with Crippen molar-refractivity contribution in [3.05, 3.63) is 16.1 Å². The van der Waals surface area contributed by atoms with E-state index in [0.29, 0.717) is 12.3 Å². The van der Waals surface area contributed by atoms with Crippen LogP contribution in [0, 0.1) is 5.92 Å². The molecular formula is C13H20N2O2S. The monoisotopic (exact) mass is 268 g/mol. The zero-order valence-electron chi connectivity index (χ0n) is 10.8. The molecule has 0 aliphatic carbocycles. The Bertz CT molecular complexity index is 405. The van der Waals surface area contributed by atoms with Crippen molar-refractivity contribution in [1.82, 2.24) is 9.88 Å². The minimum Gasteiger partial charge on any atom is -0.481 e. The zero-order chi connectivity index (χ0) is 13.0. The van der Waals surface area contributed by atoms with Gasteiger partial charge in [-0.3, -0.25) is 9.69 Å². The summed E-state index contributed by atoms with van der Waals surface area (Å²) < 4.78 is 0. The Morgan fingerprint density at radius 3 is 3.22 bits per heavy atom. The summed E-state index contributed by atoms with van der Waals surface area (Å²) in [4.78, 5) is 17.6. The molecule has 0 amide bonds. The van der Waals surface area contributed by atoms with Crippen LogP contribution in [0.25, 0.3) is 0 Å². The molecule has 1 aromatic heterocycles. The van der Waals surface area contributed by atoms with Crippen molar-refractivity contribution in [2.45, 2.75) is 39.2 Å². The van der Waals surface area contributed by atoms with E-state index < -0.39 is 5.97 Å². The predicted octanol–water partition coefficient (Wildman–Crippen LogP) is 2.39. The molecule has 1 N–H and O–H groups in total. The molecule has 0 spiro atoms. The molecule has 18 heavy (non-hydrogen) atoms. The zero-order valence-corrected chi connectivity index (χ0v) is 11.6. The fraction of sp³-hybridized carbons (Fsp3) is 0.692. The maximum Gasteiger partial charge on any atom is 0.303 e. The predicted molar refractivity (Wildman–Crippen MR) is 71.7 cm³/mol. The summed E-state index contributed by atoms with van der Waals surface area (Å²) in [6.07, 6.45) is 3.50. The summed E-state index contributed by atoms with van der Waals surface area (Å²) in [5, 5.41) is 12.1. The van der Waals surface area contributed by atoms with Gasteiger partial charge in [-0.2, -0.15) is 0 Å². The van der Waals surface area contributed by atoms with Crippen molar-refractivity contribution in [2.24, 2.45) is 5.92 Å². The lowest BCUT2D eigenvalue weighted by molar-refractivity contribution is -0.138. The molecule has 1 atom stereocenters. The first kappa shape index (κ1) is 13.5. The lowest BCUT2D eigenvalue weighted by Gasteiger charge is -2.13. The summed E-state index contributed by atoms with van der Waals surface area (Å²) in [5.41, 5.74) is 1.14. The van der Waals surface area contributed by atoms with E-state index in [1.165, 1.54) is 5.01 Å². The van der Waals surface area contributed by atoms with Gasteiger partial charge in [0.15, 0.2) is 0 Å². The number of aryl methyl sites for hydroxylation is 1. The molecule has 1 saturated heterocycles. The number of carboxylic acids is 1. The number of carboxylic acid groups (broad SMARTS) is 1. The number of aromatic nitrogens is 1. The van der Waals surface area contributed by atoms with Gasteiger partial charge in [0.05, 0.1) is 10.7 Å². The first-order valence-electron chi connectivity index (χ1n) is 6.54. The molecule has 0 aromatic carbocycles. The van der Waals surface area contributed by atoms with E-state index >= 15 is 0 Å². The SMILES string of the molecule is CCCc1nc(CN2CCC(CC(=O)O)C2)cs1. The second-order valence-electron chi connectivity index (χ2n) is 4.97. The lowest BCUT2D eigenvalue weighted by atomic mass is 10.1. The minimum atomic E-state index is -0.680. The molecule has 1 fully saturated rings. The summed E-state index contributed by atoms with van der Waals surface area (Å²) in [6.45, 7) is 4.93. The van der Waals surface area contributed by atoms with Gasteiger partial charge in [-0.1, -0.05) is 6.92 Å². The molecular weight excluding hydrogens is 248 g/mol. The van der Waals surface area contributed by atoms with Crippen LogP contribution in [-0.2, 0) is 17.8 Å². The van der Waals surface area contributed by atoms with Gasteiger partial charge in [0.1, 0.15) is 0 Å². The highest BCUT2D eigenvalue weighted by molar-refractivity contribution is 7.09. The van der Waals surface area contributed by atoms with Crippen LogP contribution >= 0.6 is 11.3 Å². The number of aliphatic carboxylic acids is 1. The van der Waals surface area contributed by atoms with Gasteiger partial charge in [-0.25, -0.2) is 4.98 Å². The second kappa shape index (κ2) is 6.29.